The Hall–Kier alpha value is -3.00. The van der Waals surface area contributed by atoms with Gasteiger partial charge in [0.2, 0.25) is 6.79 Å². The molecular weight excluding hydrogens is 380 g/mol. The monoisotopic (exact) mass is 398 g/mol. The Balaban J connectivity index is 1.64. The predicted octanol–water partition coefficient (Wildman–Crippen LogP) is 2.98. The van der Waals surface area contributed by atoms with Gasteiger partial charge in [-0.25, -0.2) is 4.98 Å². The maximum absolute atomic E-state index is 12.9. The molecule has 0 N–H and O–H groups in total. The molecule has 2 heterocycles. The first-order chi connectivity index (χ1) is 13.7. The summed E-state index contributed by atoms with van der Waals surface area (Å²) in [5, 5.41) is 1.09. The van der Waals surface area contributed by atoms with E-state index in [9.17, 15) is 9.59 Å². The molecule has 4 rings (SSSR count). The molecule has 1 aliphatic rings. The van der Waals surface area contributed by atoms with E-state index < -0.39 is 0 Å². The van der Waals surface area contributed by atoms with Gasteiger partial charge in [0.05, 0.1) is 24.4 Å². The first kappa shape index (κ1) is 18.4. The van der Waals surface area contributed by atoms with E-state index in [-0.39, 0.29) is 31.3 Å². The van der Waals surface area contributed by atoms with Crippen LogP contribution in [-0.2, 0) is 21.8 Å². The van der Waals surface area contributed by atoms with E-state index in [0.717, 1.165) is 11.3 Å². The van der Waals surface area contributed by atoms with Crippen molar-refractivity contribution in [2.75, 3.05) is 13.9 Å². The minimum atomic E-state index is -0.369. The third-order valence-electron chi connectivity index (χ3n) is 4.40. The van der Waals surface area contributed by atoms with Crippen molar-refractivity contribution < 1.29 is 19.0 Å². The third-order valence-corrected chi connectivity index (χ3v) is 5.45. The lowest BCUT2D eigenvalue weighted by Gasteiger charge is -2.13. The largest absolute Gasteiger partial charge is 0.469 e. The number of aromatic nitrogens is 2. The van der Waals surface area contributed by atoms with Gasteiger partial charge in [0.25, 0.3) is 5.56 Å². The number of para-hydroxylation sites is 1. The third kappa shape index (κ3) is 3.68. The van der Waals surface area contributed by atoms with Crippen LogP contribution in [0.25, 0.3) is 10.9 Å². The fraction of sp³-hybridized carbons (Fsp3) is 0.250. The zero-order valence-electron chi connectivity index (χ0n) is 15.2. The molecule has 3 aromatic rings. The van der Waals surface area contributed by atoms with Gasteiger partial charge in [0.1, 0.15) is 0 Å². The van der Waals surface area contributed by atoms with Gasteiger partial charge < -0.3 is 14.2 Å². The molecule has 1 aromatic heterocycles. The summed E-state index contributed by atoms with van der Waals surface area (Å²) < 4.78 is 17.0. The minimum Gasteiger partial charge on any atom is -0.469 e. The topological polar surface area (TPSA) is 79.7 Å². The van der Waals surface area contributed by atoms with E-state index in [4.69, 9.17) is 14.2 Å². The Kier molecular flexibility index (Phi) is 5.21. The summed E-state index contributed by atoms with van der Waals surface area (Å²) in [4.78, 5) is 29.1. The van der Waals surface area contributed by atoms with E-state index >= 15 is 0 Å². The second-order valence-electron chi connectivity index (χ2n) is 6.17. The molecule has 0 saturated heterocycles. The number of carbonyl (C=O) groups is 1. The number of esters is 1. The van der Waals surface area contributed by atoms with Crippen LogP contribution in [0, 0.1) is 0 Å². The van der Waals surface area contributed by atoms with E-state index in [1.54, 1.807) is 12.1 Å². The fourth-order valence-electron chi connectivity index (χ4n) is 2.94. The maximum atomic E-state index is 12.9. The highest BCUT2D eigenvalue weighted by Crippen LogP contribution is 2.34. The van der Waals surface area contributed by atoms with Crippen molar-refractivity contribution in [1.82, 2.24) is 9.55 Å². The summed E-state index contributed by atoms with van der Waals surface area (Å²) >= 11 is 1.44. The lowest BCUT2D eigenvalue weighted by atomic mass is 10.2. The zero-order chi connectivity index (χ0) is 19.5. The van der Waals surface area contributed by atoms with Gasteiger partial charge in [-0.2, -0.15) is 0 Å². The van der Waals surface area contributed by atoms with Crippen molar-refractivity contribution in [2.24, 2.45) is 0 Å². The first-order valence-corrected chi connectivity index (χ1v) is 9.72. The fourth-order valence-corrected chi connectivity index (χ4v) is 3.91. The van der Waals surface area contributed by atoms with Gasteiger partial charge in [-0.3, -0.25) is 14.2 Å². The van der Waals surface area contributed by atoms with E-state index in [1.165, 1.54) is 23.4 Å². The summed E-state index contributed by atoms with van der Waals surface area (Å²) in [5.74, 6) is 1.67. The van der Waals surface area contributed by atoms with Crippen LogP contribution in [-0.4, -0.2) is 29.4 Å². The minimum absolute atomic E-state index is 0.105. The predicted molar refractivity (Wildman–Crippen MR) is 105 cm³/mol. The Morgan fingerprint density at radius 3 is 2.89 bits per heavy atom. The number of hydrogen-bond donors (Lipinski definition) is 0. The Morgan fingerprint density at radius 1 is 1.21 bits per heavy atom. The quantitative estimate of drug-likeness (QED) is 0.359. The molecule has 0 atom stereocenters. The van der Waals surface area contributed by atoms with Crippen LogP contribution in [0.5, 0.6) is 11.5 Å². The summed E-state index contributed by atoms with van der Waals surface area (Å²) in [6.07, 6.45) is 0.105. The van der Waals surface area contributed by atoms with Crippen LogP contribution in [0.3, 0.4) is 0 Å². The number of fused-ring (bicyclic) bond motifs is 2. The molecule has 0 saturated carbocycles. The number of ether oxygens (including phenoxy) is 3. The molecule has 0 bridgehead atoms. The molecule has 144 valence electrons. The Labute approximate surface area is 165 Å². The Bertz CT molecular complexity index is 1100. The molecule has 1 aliphatic heterocycles. The van der Waals surface area contributed by atoms with Crippen molar-refractivity contribution in [3.8, 4) is 11.5 Å². The van der Waals surface area contributed by atoms with Crippen LogP contribution in [0.1, 0.15) is 12.0 Å². The number of nitrogens with zero attached hydrogens (tertiary/aromatic N) is 2. The standard InChI is InChI=1S/C20H18N2O5S/c1-25-18(23)8-9-22-19(24)14-4-2-3-5-15(14)21-20(22)28-11-13-6-7-16-17(10-13)27-12-26-16/h2-7,10H,8-9,11-12H2,1H3. The second kappa shape index (κ2) is 7.93. The van der Waals surface area contributed by atoms with Gasteiger partial charge in [0, 0.05) is 12.3 Å². The maximum Gasteiger partial charge on any atom is 0.307 e. The number of benzene rings is 2. The summed E-state index contributed by atoms with van der Waals surface area (Å²) in [7, 11) is 1.33. The van der Waals surface area contributed by atoms with Crippen LogP contribution in [0.15, 0.2) is 52.4 Å². The number of thioether (sulfide) groups is 1. The smallest absolute Gasteiger partial charge is 0.307 e. The highest BCUT2D eigenvalue weighted by atomic mass is 32.2. The lowest BCUT2D eigenvalue weighted by molar-refractivity contribution is -0.140. The lowest BCUT2D eigenvalue weighted by Crippen LogP contribution is -2.24. The molecule has 8 heteroatoms. The van der Waals surface area contributed by atoms with Crippen molar-refractivity contribution in [2.45, 2.75) is 23.9 Å². The number of hydrogen-bond acceptors (Lipinski definition) is 7. The number of rotatable bonds is 6. The summed E-state index contributed by atoms with van der Waals surface area (Å²) in [6.45, 7) is 0.443. The van der Waals surface area contributed by atoms with Gasteiger partial charge in [0.15, 0.2) is 16.7 Å². The molecular formula is C20H18N2O5S. The normalized spacial score (nSPS) is 12.3. The van der Waals surface area contributed by atoms with Gasteiger partial charge in [-0.1, -0.05) is 30.0 Å². The molecule has 0 fully saturated rings. The van der Waals surface area contributed by atoms with Crippen molar-refractivity contribution in [3.05, 3.63) is 58.4 Å². The number of carbonyl (C=O) groups excluding carboxylic acids is 1. The molecule has 0 spiro atoms. The Morgan fingerprint density at radius 2 is 2.04 bits per heavy atom. The molecule has 0 radical (unpaired) electrons. The highest BCUT2D eigenvalue weighted by Gasteiger charge is 2.16. The number of methoxy groups -OCH3 is 1. The average molecular weight is 398 g/mol. The van der Waals surface area contributed by atoms with Gasteiger partial charge in [-0.15, -0.1) is 0 Å². The average Bonchev–Trinajstić information content (AvgIpc) is 3.19. The van der Waals surface area contributed by atoms with Crippen molar-refractivity contribution >= 4 is 28.6 Å². The molecule has 0 aliphatic carbocycles. The van der Waals surface area contributed by atoms with E-state index in [2.05, 4.69) is 4.98 Å². The van der Waals surface area contributed by atoms with Crippen LogP contribution in [0.2, 0.25) is 0 Å². The molecule has 2 aromatic carbocycles. The van der Waals surface area contributed by atoms with E-state index in [0.29, 0.717) is 27.6 Å². The van der Waals surface area contributed by atoms with Crippen LogP contribution < -0.4 is 15.0 Å². The summed E-state index contributed by atoms with van der Waals surface area (Å²) in [6, 6.07) is 13.0. The molecule has 28 heavy (non-hydrogen) atoms. The van der Waals surface area contributed by atoms with Crippen LogP contribution >= 0.6 is 11.8 Å². The molecule has 0 unspecified atom stereocenters. The van der Waals surface area contributed by atoms with Gasteiger partial charge in [-0.05, 0) is 29.8 Å². The van der Waals surface area contributed by atoms with Crippen LogP contribution in [0.4, 0.5) is 0 Å². The summed E-state index contributed by atoms with van der Waals surface area (Å²) in [5.41, 5.74) is 1.49. The van der Waals surface area contributed by atoms with Crippen molar-refractivity contribution in [1.29, 1.82) is 0 Å². The van der Waals surface area contributed by atoms with Gasteiger partial charge >= 0.3 is 5.97 Å². The first-order valence-electron chi connectivity index (χ1n) is 8.73. The molecule has 0 amide bonds. The SMILES string of the molecule is COC(=O)CCn1c(SCc2ccc3c(c2)OCO3)nc2ccccc2c1=O. The van der Waals surface area contributed by atoms with Crippen molar-refractivity contribution in [3.63, 3.8) is 0 Å². The highest BCUT2D eigenvalue weighted by molar-refractivity contribution is 7.98. The zero-order valence-corrected chi connectivity index (χ0v) is 16.0. The second-order valence-corrected chi connectivity index (χ2v) is 7.11. The van der Waals surface area contributed by atoms with E-state index in [1.807, 2.05) is 30.3 Å². The molecule has 7 nitrogen and oxygen atoms in total.